The SMILES string of the molecule is Cc1cc(-c2ccco2)c2cc(C(=O)O)[nH]c2n1. The van der Waals surface area contributed by atoms with Crippen LogP contribution in [-0.4, -0.2) is 21.0 Å². The van der Waals surface area contributed by atoms with Crippen LogP contribution in [0.15, 0.2) is 34.9 Å². The standard InChI is InChI=1S/C13H10N2O3/c1-7-5-8(11-3-2-4-18-11)9-6-10(13(16)17)15-12(9)14-7/h2-6H,1H3,(H,14,15)(H,16,17). The zero-order chi connectivity index (χ0) is 12.7. The van der Waals surface area contributed by atoms with Crippen molar-refractivity contribution in [1.82, 2.24) is 9.97 Å². The third-order valence-electron chi connectivity index (χ3n) is 2.75. The molecule has 90 valence electrons. The third-order valence-corrected chi connectivity index (χ3v) is 2.75. The van der Waals surface area contributed by atoms with E-state index < -0.39 is 5.97 Å². The van der Waals surface area contributed by atoms with Gasteiger partial charge in [0.05, 0.1) is 6.26 Å². The van der Waals surface area contributed by atoms with Crippen LogP contribution in [0.2, 0.25) is 0 Å². The molecule has 5 nitrogen and oxygen atoms in total. The van der Waals surface area contributed by atoms with Gasteiger partial charge in [-0.1, -0.05) is 0 Å². The molecule has 0 saturated heterocycles. The van der Waals surface area contributed by atoms with Crippen LogP contribution in [0.3, 0.4) is 0 Å². The van der Waals surface area contributed by atoms with Gasteiger partial charge in [0.25, 0.3) is 0 Å². The Hall–Kier alpha value is -2.56. The van der Waals surface area contributed by atoms with E-state index in [0.717, 1.165) is 16.6 Å². The highest BCUT2D eigenvalue weighted by Gasteiger charge is 2.14. The maximum absolute atomic E-state index is 11.0. The van der Waals surface area contributed by atoms with E-state index >= 15 is 0 Å². The molecule has 18 heavy (non-hydrogen) atoms. The molecule has 0 atom stereocenters. The number of fused-ring (bicyclic) bond motifs is 1. The first-order valence-corrected chi connectivity index (χ1v) is 5.42. The van der Waals surface area contributed by atoms with E-state index in [2.05, 4.69) is 9.97 Å². The summed E-state index contributed by atoms with van der Waals surface area (Å²) in [5.41, 5.74) is 2.31. The Bertz CT molecular complexity index is 726. The van der Waals surface area contributed by atoms with Gasteiger partial charge in [-0.3, -0.25) is 0 Å². The van der Waals surface area contributed by atoms with Crippen LogP contribution in [0.4, 0.5) is 0 Å². The van der Waals surface area contributed by atoms with Crippen LogP contribution in [0.1, 0.15) is 16.2 Å². The van der Waals surface area contributed by atoms with E-state index in [-0.39, 0.29) is 5.69 Å². The van der Waals surface area contributed by atoms with Gasteiger partial charge in [-0.15, -0.1) is 0 Å². The molecule has 0 spiro atoms. The molecular weight excluding hydrogens is 232 g/mol. The molecule has 0 fully saturated rings. The number of rotatable bonds is 2. The highest BCUT2D eigenvalue weighted by atomic mass is 16.4. The van der Waals surface area contributed by atoms with Crippen molar-refractivity contribution < 1.29 is 14.3 Å². The van der Waals surface area contributed by atoms with Crippen molar-refractivity contribution in [3.05, 3.63) is 41.9 Å². The minimum absolute atomic E-state index is 0.121. The van der Waals surface area contributed by atoms with Gasteiger partial charge in [-0.2, -0.15) is 0 Å². The first-order valence-electron chi connectivity index (χ1n) is 5.42. The predicted molar refractivity (Wildman–Crippen MR) is 65.5 cm³/mol. The minimum atomic E-state index is -1.00. The second-order valence-corrected chi connectivity index (χ2v) is 4.04. The van der Waals surface area contributed by atoms with Crippen LogP contribution >= 0.6 is 0 Å². The highest BCUT2D eigenvalue weighted by molar-refractivity contribution is 5.98. The van der Waals surface area contributed by atoms with Gasteiger partial charge in [-0.05, 0) is 31.2 Å². The molecule has 0 aromatic carbocycles. The Morgan fingerprint density at radius 3 is 2.94 bits per heavy atom. The number of nitrogens with one attached hydrogen (secondary N) is 1. The Kier molecular flexibility index (Phi) is 2.19. The molecule has 5 heteroatoms. The van der Waals surface area contributed by atoms with Crippen LogP contribution in [0.5, 0.6) is 0 Å². The molecule has 2 N–H and O–H groups in total. The van der Waals surface area contributed by atoms with Crippen LogP contribution in [-0.2, 0) is 0 Å². The quantitative estimate of drug-likeness (QED) is 0.724. The molecule has 0 saturated carbocycles. The Morgan fingerprint density at radius 1 is 1.44 bits per heavy atom. The summed E-state index contributed by atoms with van der Waals surface area (Å²) in [6.45, 7) is 1.85. The van der Waals surface area contributed by atoms with Crippen molar-refractivity contribution in [3.8, 4) is 11.3 Å². The second kappa shape index (κ2) is 3.73. The van der Waals surface area contributed by atoms with Crippen LogP contribution < -0.4 is 0 Å². The molecule has 0 bridgehead atoms. The molecule has 0 aliphatic heterocycles. The van der Waals surface area contributed by atoms with Gasteiger partial charge in [0.2, 0.25) is 0 Å². The number of hydrogen-bond acceptors (Lipinski definition) is 3. The fraction of sp³-hybridized carbons (Fsp3) is 0.0769. The van der Waals surface area contributed by atoms with Gasteiger partial charge in [0.1, 0.15) is 17.1 Å². The molecule has 0 unspecified atom stereocenters. The first-order chi connectivity index (χ1) is 8.65. The van der Waals surface area contributed by atoms with Gasteiger partial charge < -0.3 is 14.5 Å². The molecule has 3 heterocycles. The second-order valence-electron chi connectivity index (χ2n) is 4.04. The maximum atomic E-state index is 11.0. The number of aryl methyl sites for hydroxylation is 1. The monoisotopic (exact) mass is 242 g/mol. The van der Waals surface area contributed by atoms with Crippen molar-refractivity contribution in [2.75, 3.05) is 0 Å². The van der Waals surface area contributed by atoms with E-state index in [4.69, 9.17) is 9.52 Å². The number of carboxylic acids is 1. The predicted octanol–water partition coefficient (Wildman–Crippen LogP) is 2.83. The number of nitrogens with zero attached hydrogens (tertiary/aromatic N) is 1. The fourth-order valence-corrected chi connectivity index (χ4v) is 1.98. The number of carboxylic acid groups (broad SMARTS) is 1. The summed E-state index contributed by atoms with van der Waals surface area (Å²) in [6.07, 6.45) is 1.59. The zero-order valence-corrected chi connectivity index (χ0v) is 9.60. The molecule has 0 amide bonds. The molecule has 0 aliphatic carbocycles. The smallest absolute Gasteiger partial charge is 0.352 e. The number of H-pyrrole nitrogens is 1. The number of pyridine rings is 1. The number of furan rings is 1. The van der Waals surface area contributed by atoms with Gasteiger partial charge in [-0.25, -0.2) is 9.78 Å². The lowest BCUT2D eigenvalue weighted by Crippen LogP contribution is -1.95. The van der Waals surface area contributed by atoms with Crippen molar-refractivity contribution >= 4 is 17.0 Å². The van der Waals surface area contributed by atoms with Crippen LogP contribution in [0.25, 0.3) is 22.4 Å². The molecule has 3 aromatic heterocycles. The minimum Gasteiger partial charge on any atom is -0.477 e. The number of aromatic nitrogens is 2. The van der Waals surface area contributed by atoms with Gasteiger partial charge >= 0.3 is 5.97 Å². The topological polar surface area (TPSA) is 79.1 Å². The summed E-state index contributed by atoms with van der Waals surface area (Å²) in [5.74, 6) is -0.308. The maximum Gasteiger partial charge on any atom is 0.352 e. The van der Waals surface area contributed by atoms with Crippen molar-refractivity contribution in [3.63, 3.8) is 0 Å². The number of carbonyl (C=O) groups is 1. The molecule has 3 rings (SSSR count). The largest absolute Gasteiger partial charge is 0.477 e. The summed E-state index contributed by atoms with van der Waals surface area (Å²) in [4.78, 5) is 18.0. The summed E-state index contributed by atoms with van der Waals surface area (Å²) < 4.78 is 5.36. The van der Waals surface area contributed by atoms with Gasteiger partial charge in [0.15, 0.2) is 0 Å². The summed E-state index contributed by atoms with van der Waals surface area (Å²) in [6, 6.07) is 7.08. The summed E-state index contributed by atoms with van der Waals surface area (Å²) in [7, 11) is 0. The lowest BCUT2D eigenvalue weighted by Gasteiger charge is -2.00. The molecule has 3 aromatic rings. The van der Waals surface area contributed by atoms with E-state index in [1.165, 1.54) is 0 Å². The number of hydrogen-bond donors (Lipinski definition) is 2. The third kappa shape index (κ3) is 1.57. The van der Waals surface area contributed by atoms with E-state index in [1.807, 2.05) is 19.1 Å². The number of aromatic amines is 1. The average molecular weight is 242 g/mol. The van der Waals surface area contributed by atoms with Gasteiger partial charge in [0, 0.05) is 16.6 Å². The molecule has 0 aliphatic rings. The average Bonchev–Trinajstić information content (AvgIpc) is 2.96. The fourth-order valence-electron chi connectivity index (χ4n) is 1.98. The number of aromatic carboxylic acids is 1. The summed E-state index contributed by atoms with van der Waals surface area (Å²) >= 11 is 0. The van der Waals surface area contributed by atoms with E-state index in [9.17, 15) is 4.79 Å². The van der Waals surface area contributed by atoms with Crippen LogP contribution in [0, 0.1) is 6.92 Å². The zero-order valence-electron chi connectivity index (χ0n) is 9.60. The summed E-state index contributed by atoms with van der Waals surface area (Å²) in [5, 5.41) is 9.74. The lowest BCUT2D eigenvalue weighted by molar-refractivity contribution is 0.0691. The Labute approximate surface area is 102 Å². The van der Waals surface area contributed by atoms with Crippen molar-refractivity contribution in [2.45, 2.75) is 6.92 Å². The van der Waals surface area contributed by atoms with Crippen molar-refractivity contribution in [2.24, 2.45) is 0 Å². The van der Waals surface area contributed by atoms with Crippen molar-refractivity contribution in [1.29, 1.82) is 0 Å². The first kappa shape index (κ1) is 10.6. The highest BCUT2D eigenvalue weighted by Crippen LogP contribution is 2.29. The lowest BCUT2D eigenvalue weighted by atomic mass is 10.1. The molecular formula is C13H10N2O3. The Balaban J connectivity index is 2.33. The Morgan fingerprint density at radius 2 is 2.28 bits per heavy atom. The van der Waals surface area contributed by atoms with E-state index in [0.29, 0.717) is 11.4 Å². The normalized spacial score (nSPS) is 10.9. The molecule has 0 radical (unpaired) electrons. The van der Waals surface area contributed by atoms with E-state index in [1.54, 1.807) is 18.4 Å².